The highest BCUT2D eigenvalue weighted by Crippen LogP contribution is 2.17. The number of halogens is 2. The number of benzene rings is 1. The summed E-state index contributed by atoms with van der Waals surface area (Å²) in [7, 11) is 0. The van der Waals surface area contributed by atoms with Crippen LogP contribution in [-0.2, 0) is 6.54 Å². The third-order valence-corrected chi connectivity index (χ3v) is 2.78. The fourth-order valence-corrected chi connectivity index (χ4v) is 1.78. The van der Waals surface area contributed by atoms with Gasteiger partial charge >= 0.3 is 0 Å². The van der Waals surface area contributed by atoms with Gasteiger partial charge in [0.1, 0.15) is 11.6 Å². The zero-order valence-corrected chi connectivity index (χ0v) is 10.1. The lowest BCUT2D eigenvalue weighted by Gasteiger charge is -2.15. The van der Waals surface area contributed by atoms with E-state index in [2.05, 4.69) is 10.4 Å². The fourth-order valence-electron chi connectivity index (χ4n) is 1.78. The molecule has 2 rings (SSSR count). The smallest absolute Gasteiger partial charge is 0.128 e. The van der Waals surface area contributed by atoms with Crippen LogP contribution in [0.5, 0.6) is 0 Å². The normalized spacial score (nSPS) is 12.6. The van der Waals surface area contributed by atoms with Crippen LogP contribution in [-0.4, -0.2) is 16.3 Å². The Morgan fingerprint density at radius 3 is 2.94 bits per heavy atom. The topological polar surface area (TPSA) is 29.9 Å². The van der Waals surface area contributed by atoms with E-state index in [1.54, 1.807) is 17.8 Å². The van der Waals surface area contributed by atoms with Crippen LogP contribution in [0.25, 0.3) is 0 Å². The SMILES string of the molecule is C[C@@H](NCCn1cccn1)c1cc(F)ccc1F. The van der Waals surface area contributed by atoms with E-state index in [4.69, 9.17) is 0 Å². The van der Waals surface area contributed by atoms with Gasteiger partial charge in [0.2, 0.25) is 0 Å². The molecule has 0 saturated carbocycles. The Kier molecular flexibility index (Phi) is 4.04. The molecule has 0 saturated heterocycles. The maximum Gasteiger partial charge on any atom is 0.128 e. The average molecular weight is 251 g/mol. The van der Waals surface area contributed by atoms with Crippen molar-refractivity contribution in [3.05, 3.63) is 53.9 Å². The highest BCUT2D eigenvalue weighted by Gasteiger charge is 2.11. The van der Waals surface area contributed by atoms with E-state index in [0.717, 1.165) is 12.1 Å². The van der Waals surface area contributed by atoms with E-state index < -0.39 is 11.6 Å². The van der Waals surface area contributed by atoms with Gasteiger partial charge in [0.15, 0.2) is 0 Å². The van der Waals surface area contributed by atoms with Crippen LogP contribution in [0, 0.1) is 11.6 Å². The Bertz CT molecular complexity index is 497. The lowest BCUT2D eigenvalue weighted by atomic mass is 10.1. The lowest BCUT2D eigenvalue weighted by molar-refractivity contribution is 0.485. The maximum absolute atomic E-state index is 13.5. The summed E-state index contributed by atoms with van der Waals surface area (Å²) in [4.78, 5) is 0. The molecule has 0 spiro atoms. The molecule has 18 heavy (non-hydrogen) atoms. The summed E-state index contributed by atoms with van der Waals surface area (Å²) in [6.45, 7) is 3.13. The fraction of sp³-hybridized carbons (Fsp3) is 0.308. The first-order valence-corrected chi connectivity index (χ1v) is 5.82. The van der Waals surface area contributed by atoms with Crippen molar-refractivity contribution in [1.82, 2.24) is 15.1 Å². The summed E-state index contributed by atoms with van der Waals surface area (Å²) in [6, 6.07) is 5.10. The van der Waals surface area contributed by atoms with Crippen molar-refractivity contribution >= 4 is 0 Å². The van der Waals surface area contributed by atoms with Gasteiger partial charge in [-0.1, -0.05) is 0 Å². The second-order valence-electron chi connectivity index (χ2n) is 4.11. The number of hydrogen-bond donors (Lipinski definition) is 1. The second kappa shape index (κ2) is 5.73. The van der Waals surface area contributed by atoms with E-state index in [0.29, 0.717) is 18.7 Å². The van der Waals surface area contributed by atoms with Crippen LogP contribution < -0.4 is 5.32 Å². The second-order valence-corrected chi connectivity index (χ2v) is 4.11. The zero-order valence-electron chi connectivity index (χ0n) is 10.1. The molecule has 0 radical (unpaired) electrons. The maximum atomic E-state index is 13.5. The van der Waals surface area contributed by atoms with E-state index in [1.165, 1.54) is 6.07 Å². The van der Waals surface area contributed by atoms with Crippen LogP contribution in [0.3, 0.4) is 0 Å². The molecule has 1 heterocycles. The van der Waals surface area contributed by atoms with Gasteiger partial charge in [-0.2, -0.15) is 5.10 Å². The molecule has 0 aliphatic heterocycles. The van der Waals surface area contributed by atoms with E-state index in [1.807, 2.05) is 12.3 Å². The van der Waals surface area contributed by atoms with Crippen LogP contribution in [0.15, 0.2) is 36.7 Å². The Labute approximate surface area is 104 Å². The van der Waals surface area contributed by atoms with Gasteiger partial charge in [-0.3, -0.25) is 4.68 Å². The first-order chi connectivity index (χ1) is 8.66. The molecular formula is C13H15F2N3. The van der Waals surface area contributed by atoms with Crippen molar-refractivity contribution < 1.29 is 8.78 Å². The highest BCUT2D eigenvalue weighted by atomic mass is 19.1. The Morgan fingerprint density at radius 2 is 2.22 bits per heavy atom. The molecule has 3 nitrogen and oxygen atoms in total. The molecule has 1 atom stereocenters. The van der Waals surface area contributed by atoms with Crippen LogP contribution >= 0.6 is 0 Å². The molecule has 1 N–H and O–H groups in total. The molecule has 5 heteroatoms. The molecule has 0 aliphatic carbocycles. The minimum Gasteiger partial charge on any atom is -0.308 e. The number of aromatic nitrogens is 2. The van der Waals surface area contributed by atoms with E-state index >= 15 is 0 Å². The lowest BCUT2D eigenvalue weighted by Crippen LogP contribution is -2.24. The molecule has 2 aromatic rings. The first kappa shape index (κ1) is 12.7. The van der Waals surface area contributed by atoms with Crippen LogP contribution in [0.1, 0.15) is 18.5 Å². The third-order valence-electron chi connectivity index (χ3n) is 2.78. The zero-order chi connectivity index (χ0) is 13.0. The molecule has 0 fully saturated rings. The molecule has 0 unspecified atom stereocenters. The molecule has 0 aliphatic rings. The van der Waals surface area contributed by atoms with Crippen LogP contribution in [0.4, 0.5) is 8.78 Å². The monoisotopic (exact) mass is 251 g/mol. The summed E-state index contributed by atoms with van der Waals surface area (Å²) in [5.41, 5.74) is 0.343. The van der Waals surface area contributed by atoms with Gasteiger partial charge in [-0.05, 0) is 31.2 Å². The molecular weight excluding hydrogens is 236 g/mol. The number of hydrogen-bond acceptors (Lipinski definition) is 2. The molecule has 1 aromatic carbocycles. The van der Waals surface area contributed by atoms with Gasteiger partial charge in [-0.25, -0.2) is 8.78 Å². The Hall–Kier alpha value is -1.75. The van der Waals surface area contributed by atoms with Crippen molar-refractivity contribution in [2.24, 2.45) is 0 Å². The van der Waals surface area contributed by atoms with Crippen molar-refractivity contribution in [2.75, 3.05) is 6.54 Å². The number of nitrogens with zero attached hydrogens (tertiary/aromatic N) is 2. The number of nitrogens with one attached hydrogen (secondary N) is 1. The van der Waals surface area contributed by atoms with E-state index in [9.17, 15) is 8.78 Å². The average Bonchev–Trinajstić information content (AvgIpc) is 2.85. The van der Waals surface area contributed by atoms with Crippen molar-refractivity contribution in [3.8, 4) is 0 Å². The van der Waals surface area contributed by atoms with Gasteiger partial charge in [0.25, 0.3) is 0 Å². The molecule has 0 bridgehead atoms. The van der Waals surface area contributed by atoms with Gasteiger partial charge < -0.3 is 5.32 Å². The van der Waals surface area contributed by atoms with Gasteiger partial charge in [-0.15, -0.1) is 0 Å². The molecule has 1 aromatic heterocycles. The minimum absolute atomic E-state index is 0.240. The standard InChI is InChI=1S/C13H15F2N3/c1-10(12-9-11(14)3-4-13(12)15)16-6-8-18-7-2-5-17-18/h2-5,7,9-10,16H,6,8H2,1H3/t10-/m1/s1. The van der Waals surface area contributed by atoms with Crippen molar-refractivity contribution in [3.63, 3.8) is 0 Å². The summed E-state index contributed by atoms with van der Waals surface area (Å²) in [5, 5.41) is 7.20. The quantitative estimate of drug-likeness (QED) is 0.885. The Balaban J connectivity index is 1.91. The molecule has 0 amide bonds. The van der Waals surface area contributed by atoms with Crippen molar-refractivity contribution in [1.29, 1.82) is 0 Å². The largest absolute Gasteiger partial charge is 0.308 e. The predicted molar refractivity (Wildman–Crippen MR) is 65.0 cm³/mol. The van der Waals surface area contributed by atoms with Gasteiger partial charge in [0, 0.05) is 30.5 Å². The third kappa shape index (κ3) is 3.13. The highest BCUT2D eigenvalue weighted by molar-refractivity contribution is 5.21. The first-order valence-electron chi connectivity index (χ1n) is 5.82. The van der Waals surface area contributed by atoms with Crippen LogP contribution in [0.2, 0.25) is 0 Å². The van der Waals surface area contributed by atoms with E-state index in [-0.39, 0.29) is 6.04 Å². The predicted octanol–water partition coefficient (Wildman–Crippen LogP) is 2.51. The summed E-state index contributed by atoms with van der Waals surface area (Å²) < 4.78 is 28.3. The summed E-state index contributed by atoms with van der Waals surface area (Å²) >= 11 is 0. The molecule has 96 valence electrons. The van der Waals surface area contributed by atoms with Gasteiger partial charge in [0.05, 0.1) is 6.54 Å². The minimum atomic E-state index is -0.424. The summed E-state index contributed by atoms with van der Waals surface area (Å²) in [6.07, 6.45) is 3.56. The van der Waals surface area contributed by atoms with Crippen molar-refractivity contribution in [2.45, 2.75) is 19.5 Å². The summed E-state index contributed by atoms with van der Waals surface area (Å²) in [5.74, 6) is -0.817. The Morgan fingerprint density at radius 1 is 1.39 bits per heavy atom. The number of rotatable bonds is 5.